The normalized spacial score (nSPS) is 10.9. The Balaban J connectivity index is 1.49. The summed E-state index contributed by atoms with van der Waals surface area (Å²) in [6.07, 6.45) is 3.42. The predicted molar refractivity (Wildman–Crippen MR) is 105 cm³/mol. The van der Waals surface area contributed by atoms with Crippen LogP contribution in [0.5, 0.6) is 0 Å². The first-order valence-electron chi connectivity index (χ1n) is 8.66. The van der Waals surface area contributed by atoms with Gasteiger partial charge in [-0.05, 0) is 31.2 Å². The molecule has 4 aromatic rings. The molecule has 2 heterocycles. The summed E-state index contributed by atoms with van der Waals surface area (Å²) >= 11 is 0. The van der Waals surface area contributed by atoms with Crippen LogP contribution >= 0.6 is 0 Å². The molecule has 0 spiro atoms. The zero-order valence-corrected chi connectivity index (χ0v) is 15.2. The van der Waals surface area contributed by atoms with Crippen molar-refractivity contribution < 1.29 is 4.79 Å². The highest BCUT2D eigenvalue weighted by Gasteiger charge is 2.11. The van der Waals surface area contributed by atoms with E-state index in [0.717, 1.165) is 33.4 Å². The highest BCUT2D eigenvalue weighted by atomic mass is 16.2. The van der Waals surface area contributed by atoms with E-state index in [-0.39, 0.29) is 6.03 Å². The van der Waals surface area contributed by atoms with Crippen molar-refractivity contribution in [1.29, 1.82) is 0 Å². The molecular weight excluding hydrogens is 340 g/mol. The van der Waals surface area contributed by atoms with Crippen molar-refractivity contribution in [1.82, 2.24) is 25.3 Å². The fourth-order valence-electron chi connectivity index (χ4n) is 3.04. The van der Waals surface area contributed by atoms with Crippen molar-refractivity contribution in [3.8, 4) is 11.3 Å². The number of urea groups is 1. The number of carbonyl (C=O) groups excluding carboxylic acids is 1. The third-order valence-corrected chi connectivity index (χ3v) is 4.43. The maximum absolute atomic E-state index is 12.0. The Kier molecular flexibility index (Phi) is 4.33. The van der Waals surface area contributed by atoms with E-state index >= 15 is 0 Å². The summed E-state index contributed by atoms with van der Waals surface area (Å²) in [4.78, 5) is 12.0. The highest BCUT2D eigenvalue weighted by Crippen LogP contribution is 2.29. The van der Waals surface area contributed by atoms with Gasteiger partial charge in [0, 0.05) is 42.0 Å². The molecule has 2 amide bonds. The minimum absolute atomic E-state index is 0.261. The SMILES string of the molecule is Cc1ccc2c(c1)c(-c1ccc(NC(=O)NCc3cn[nH]c3)cc1)nn2C. The van der Waals surface area contributed by atoms with Crippen molar-refractivity contribution >= 4 is 22.6 Å². The number of nitrogens with one attached hydrogen (secondary N) is 3. The largest absolute Gasteiger partial charge is 0.334 e. The Morgan fingerprint density at radius 1 is 1.19 bits per heavy atom. The molecule has 7 heteroatoms. The first-order valence-corrected chi connectivity index (χ1v) is 8.66. The molecule has 7 nitrogen and oxygen atoms in total. The van der Waals surface area contributed by atoms with Gasteiger partial charge in [-0.25, -0.2) is 4.79 Å². The van der Waals surface area contributed by atoms with E-state index in [1.807, 2.05) is 36.0 Å². The van der Waals surface area contributed by atoms with Crippen LogP contribution in [0.4, 0.5) is 10.5 Å². The van der Waals surface area contributed by atoms with Crippen molar-refractivity contribution in [3.05, 3.63) is 66.0 Å². The van der Waals surface area contributed by atoms with Gasteiger partial charge in [-0.2, -0.15) is 10.2 Å². The lowest BCUT2D eigenvalue weighted by Crippen LogP contribution is -2.27. The molecule has 0 bridgehead atoms. The number of carbonyl (C=O) groups is 1. The number of anilines is 1. The van der Waals surface area contributed by atoms with Crippen molar-refractivity contribution in [2.75, 3.05) is 5.32 Å². The number of rotatable bonds is 4. The Hall–Kier alpha value is -3.61. The zero-order chi connectivity index (χ0) is 18.8. The molecule has 0 aliphatic carbocycles. The van der Waals surface area contributed by atoms with Gasteiger partial charge >= 0.3 is 6.03 Å². The van der Waals surface area contributed by atoms with Crippen LogP contribution in [0.15, 0.2) is 54.9 Å². The number of amides is 2. The summed E-state index contributed by atoms with van der Waals surface area (Å²) in [5, 5.41) is 18.0. The molecule has 0 aliphatic rings. The number of H-pyrrole nitrogens is 1. The van der Waals surface area contributed by atoms with Crippen molar-refractivity contribution in [2.24, 2.45) is 7.05 Å². The van der Waals surface area contributed by atoms with Gasteiger partial charge in [0.2, 0.25) is 0 Å². The molecule has 0 saturated carbocycles. The molecule has 4 rings (SSSR count). The van der Waals surface area contributed by atoms with Crippen LogP contribution in [0.3, 0.4) is 0 Å². The van der Waals surface area contributed by atoms with Crippen LogP contribution < -0.4 is 10.6 Å². The fourth-order valence-corrected chi connectivity index (χ4v) is 3.04. The molecule has 0 aliphatic heterocycles. The second-order valence-corrected chi connectivity index (χ2v) is 6.48. The van der Waals surface area contributed by atoms with Gasteiger partial charge in [0.25, 0.3) is 0 Å². The lowest BCUT2D eigenvalue weighted by atomic mass is 10.1. The van der Waals surface area contributed by atoms with Crippen LogP contribution in [0.25, 0.3) is 22.2 Å². The zero-order valence-electron chi connectivity index (χ0n) is 15.2. The number of aromatic amines is 1. The van der Waals surface area contributed by atoms with Crippen LogP contribution in [-0.2, 0) is 13.6 Å². The topological polar surface area (TPSA) is 87.6 Å². The standard InChI is InChI=1S/C20H20N6O/c1-13-3-8-18-17(9-13)19(25-26(18)2)15-4-6-16(7-5-15)24-20(27)21-10-14-11-22-23-12-14/h3-9,11-12H,10H2,1-2H3,(H,22,23)(H2,21,24,27). The van der Waals surface area contributed by atoms with Crippen molar-refractivity contribution in [2.45, 2.75) is 13.5 Å². The molecule has 136 valence electrons. The fraction of sp³-hybridized carbons (Fsp3) is 0.150. The Labute approximate surface area is 156 Å². The van der Waals surface area contributed by atoms with Gasteiger partial charge < -0.3 is 10.6 Å². The Morgan fingerprint density at radius 2 is 2.00 bits per heavy atom. The van der Waals surface area contributed by atoms with Gasteiger partial charge in [0.05, 0.1) is 11.7 Å². The summed E-state index contributed by atoms with van der Waals surface area (Å²) in [5.41, 5.74) is 5.88. The molecule has 27 heavy (non-hydrogen) atoms. The molecule has 3 N–H and O–H groups in total. The van der Waals surface area contributed by atoms with Crippen LogP contribution in [0.1, 0.15) is 11.1 Å². The smallest absolute Gasteiger partial charge is 0.319 e. The van der Waals surface area contributed by atoms with Crippen LogP contribution in [-0.4, -0.2) is 26.0 Å². The second kappa shape index (κ2) is 6.95. The molecule has 0 fully saturated rings. The van der Waals surface area contributed by atoms with Crippen LogP contribution in [0, 0.1) is 6.92 Å². The number of hydrogen-bond acceptors (Lipinski definition) is 3. The van der Waals surface area contributed by atoms with E-state index in [1.54, 1.807) is 12.4 Å². The number of benzene rings is 2. The second-order valence-electron chi connectivity index (χ2n) is 6.48. The molecule has 0 radical (unpaired) electrons. The third-order valence-electron chi connectivity index (χ3n) is 4.43. The molecule has 0 saturated heterocycles. The molecule has 0 atom stereocenters. The van der Waals surface area contributed by atoms with Gasteiger partial charge in [-0.3, -0.25) is 9.78 Å². The van der Waals surface area contributed by atoms with Crippen molar-refractivity contribution in [3.63, 3.8) is 0 Å². The average molecular weight is 360 g/mol. The van der Waals surface area contributed by atoms with E-state index in [1.165, 1.54) is 5.56 Å². The third kappa shape index (κ3) is 3.52. The van der Waals surface area contributed by atoms with E-state index in [4.69, 9.17) is 0 Å². The van der Waals surface area contributed by atoms with Crippen LogP contribution in [0.2, 0.25) is 0 Å². The Morgan fingerprint density at radius 3 is 2.74 bits per heavy atom. The highest BCUT2D eigenvalue weighted by molar-refractivity contribution is 5.94. The summed E-state index contributed by atoms with van der Waals surface area (Å²) in [7, 11) is 1.95. The van der Waals surface area contributed by atoms with Gasteiger partial charge in [-0.15, -0.1) is 0 Å². The Bertz CT molecular complexity index is 1080. The first kappa shape index (κ1) is 16.8. The van der Waals surface area contributed by atoms with E-state index in [2.05, 4.69) is 51.1 Å². The minimum atomic E-state index is -0.261. The maximum Gasteiger partial charge on any atom is 0.319 e. The predicted octanol–water partition coefficient (Wildman–Crippen LogP) is 3.59. The van der Waals surface area contributed by atoms with E-state index in [0.29, 0.717) is 6.54 Å². The number of nitrogens with zero attached hydrogens (tertiary/aromatic N) is 3. The summed E-state index contributed by atoms with van der Waals surface area (Å²) < 4.78 is 1.89. The summed E-state index contributed by atoms with van der Waals surface area (Å²) in [5.74, 6) is 0. The number of aryl methyl sites for hydroxylation is 2. The lowest BCUT2D eigenvalue weighted by Gasteiger charge is -2.07. The maximum atomic E-state index is 12.0. The monoisotopic (exact) mass is 360 g/mol. The summed E-state index contributed by atoms with van der Waals surface area (Å²) in [6, 6.07) is 13.7. The van der Waals surface area contributed by atoms with E-state index < -0.39 is 0 Å². The minimum Gasteiger partial charge on any atom is -0.334 e. The van der Waals surface area contributed by atoms with E-state index in [9.17, 15) is 4.79 Å². The lowest BCUT2D eigenvalue weighted by molar-refractivity contribution is 0.251. The number of fused-ring (bicyclic) bond motifs is 1. The molecule has 2 aromatic carbocycles. The number of aromatic nitrogens is 4. The molecule has 0 unspecified atom stereocenters. The molecule has 2 aromatic heterocycles. The van der Waals surface area contributed by atoms with Gasteiger partial charge in [-0.1, -0.05) is 23.8 Å². The van der Waals surface area contributed by atoms with Gasteiger partial charge in [0.1, 0.15) is 5.69 Å². The van der Waals surface area contributed by atoms with Gasteiger partial charge in [0.15, 0.2) is 0 Å². The summed E-state index contributed by atoms with van der Waals surface area (Å²) in [6.45, 7) is 2.49. The number of hydrogen-bond donors (Lipinski definition) is 3. The molecular formula is C20H20N6O. The first-order chi connectivity index (χ1) is 13.1. The average Bonchev–Trinajstić information content (AvgIpc) is 3.29. The quantitative estimate of drug-likeness (QED) is 0.520.